The molecule has 0 radical (unpaired) electrons. The second-order valence-electron chi connectivity index (χ2n) is 9.89. The summed E-state index contributed by atoms with van der Waals surface area (Å²) in [6, 6.07) is 10.4. The quantitative estimate of drug-likeness (QED) is 0.504. The Hall–Kier alpha value is -2.07. The average Bonchev–Trinajstić information content (AvgIpc) is 3.04. The highest BCUT2D eigenvalue weighted by Gasteiger charge is 2.56. The van der Waals surface area contributed by atoms with Gasteiger partial charge < -0.3 is 0 Å². The van der Waals surface area contributed by atoms with Crippen LogP contribution in [0.25, 0.3) is 0 Å². The first-order chi connectivity index (χ1) is 13.5. The number of ketones is 1. The second kappa shape index (κ2) is 6.48. The van der Waals surface area contributed by atoms with E-state index in [1.54, 1.807) is 0 Å². The van der Waals surface area contributed by atoms with Crippen molar-refractivity contribution in [3.05, 3.63) is 59.2 Å². The lowest BCUT2D eigenvalue weighted by atomic mass is 9.47. The van der Waals surface area contributed by atoms with E-state index < -0.39 is 0 Å². The highest BCUT2D eigenvalue weighted by Crippen LogP contribution is 2.65. The van der Waals surface area contributed by atoms with Crippen molar-refractivity contribution in [1.82, 2.24) is 0 Å². The molecule has 4 aliphatic rings. The number of hydrogen-bond acceptors (Lipinski definition) is 1. The van der Waals surface area contributed by atoms with E-state index in [0.717, 1.165) is 42.6 Å². The minimum absolute atomic E-state index is 0.241. The molecule has 28 heavy (non-hydrogen) atoms. The van der Waals surface area contributed by atoms with Crippen molar-refractivity contribution in [3.63, 3.8) is 0 Å². The van der Waals surface area contributed by atoms with E-state index in [4.69, 9.17) is 0 Å². The Morgan fingerprint density at radius 3 is 2.57 bits per heavy atom. The van der Waals surface area contributed by atoms with Crippen LogP contribution in [0.3, 0.4) is 0 Å². The van der Waals surface area contributed by atoms with Gasteiger partial charge in [0, 0.05) is 23.0 Å². The number of rotatable bonds is 0. The van der Waals surface area contributed by atoms with Crippen molar-refractivity contribution in [2.24, 2.45) is 28.6 Å². The predicted molar refractivity (Wildman–Crippen MR) is 113 cm³/mol. The third-order valence-electron chi connectivity index (χ3n) is 8.66. The first-order valence-electron chi connectivity index (χ1n) is 11.0. The van der Waals surface area contributed by atoms with Crippen molar-refractivity contribution >= 4 is 5.78 Å². The minimum atomic E-state index is 0.241. The molecule has 1 aromatic rings. The normalized spacial score (nSPS) is 38.9. The smallest absolute Gasteiger partial charge is 0.155 e. The van der Waals surface area contributed by atoms with Gasteiger partial charge in [0.2, 0.25) is 0 Å². The van der Waals surface area contributed by atoms with Crippen LogP contribution in [0.15, 0.2) is 53.6 Å². The van der Waals surface area contributed by atoms with Crippen LogP contribution in [0.4, 0.5) is 0 Å². The summed E-state index contributed by atoms with van der Waals surface area (Å²) in [5.41, 5.74) is 4.45. The predicted octanol–water partition coefficient (Wildman–Crippen LogP) is 6.11. The van der Waals surface area contributed by atoms with Gasteiger partial charge in [0.15, 0.2) is 5.78 Å². The van der Waals surface area contributed by atoms with E-state index in [1.807, 2.05) is 12.1 Å². The number of benzene rings is 1. The first kappa shape index (κ1) is 18.0. The Labute approximate surface area is 169 Å². The van der Waals surface area contributed by atoms with Gasteiger partial charge in [-0.1, -0.05) is 55.5 Å². The Kier molecular flexibility index (Phi) is 4.16. The molecular weight excluding hydrogens is 340 g/mol. The van der Waals surface area contributed by atoms with Gasteiger partial charge in [-0.15, -0.1) is 0 Å². The summed E-state index contributed by atoms with van der Waals surface area (Å²) in [4.78, 5) is 12.0. The number of carbonyl (C=O) groups excluding carboxylic acids is 1. The molecule has 0 heterocycles. The molecule has 1 aromatic carbocycles. The number of hydrogen-bond donors (Lipinski definition) is 0. The van der Waals surface area contributed by atoms with Gasteiger partial charge in [0.25, 0.3) is 0 Å². The summed E-state index contributed by atoms with van der Waals surface area (Å²) in [7, 11) is 0. The van der Waals surface area contributed by atoms with E-state index >= 15 is 0 Å². The van der Waals surface area contributed by atoms with E-state index in [-0.39, 0.29) is 10.8 Å². The van der Waals surface area contributed by atoms with Crippen LogP contribution in [0.2, 0.25) is 0 Å². The average molecular weight is 371 g/mol. The van der Waals surface area contributed by atoms with Gasteiger partial charge in [0.05, 0.1) is 0 Å². The van der Waals surface area contributed by atoms with Crippen molar-refractivity contribution in [1.29, 1.82) is 0 Å². The van der Waals surface area contributed by atoms with Crippen LogP contribution in [0, 0.1) is 40.4 Å². The summed E-state index contributed by atoms with van der Waals surface area (Å²) in [6.07, 6.45) is 12.4. The van der Waals surface area contributed by atoms with Gasteiger partial charge in [-0.05, 0) is 79.9 Å². The van der Waals surface area contributed by atoms with Crippen LogP contribution in [-0.4, -0.2) is 5.78 Å². The number of carbonyl (C=O) groups is 1. The van der Waals surface area contributed by atoms with E-state index in [2.05, 4.69) is 56.0 Å². The largest absolute Gasteiger partial charge is 0.295 e. The number of allylic oxidation sites excluding steroid dienone is 4. The summed E-state index contributed by atoms with van der Waals surface area (Å²) >= 11 is 0. The maximum Gasteiger partial charge on any atom is 0.155 e. The van der Waals surface area contributed by atoms with Gasteiger partial charge in [0.1, 0.15) is 0 Å². The van der Waals surface area contributed by atoms with Crippen molar-refractivity contribution in [3.8, 4) is 11.8 Å². The molecule has 5 atom stereocenters. The Morgan fingerprint density at radius 1 is 0.929 bits per heavy atom. The Balaban J connectivity index is 1.42. The molecule has 2 fully saturated rings. The molecule has 1 heteroatoms. The standard InChI is InChI=1S/C27H30O/c1-26-17-15-25-23(12-10-21-18-22(28)14-16-27(21,25)2)24(26)13-11-20(26)9-8-19-6-4-3-5-7-19/h3-7,11,18,23-25H,10,12-17H2,1-2H3/t23-,24-,25-,26+,27-/m0/s1. The fourth-order valence-corrected chi connectivity index (χ4v) is 6.98. The van der Waals surface area contributed by atoms with Crippen LogP contribution >= 0.6 is 0 Å². The zero-order valence-electron chi connectivity index (χ0n) is 17.1. The summed E-state index contributed by atoms with van der Waals surface area (Å²) in [5, 5.41) is 0. The molecular formula is C27H30O. The maximum absolute atomic E-state index is 12.0. The molecule has 0 aliphatic heterocycles. The van der Waals surface area contributed by atoms with Crippen molar-refractivity contribution in [2.75, 3.05) is 0 Å². The van der Waals surface area contributed by atoms with E-state index in [0.29, 0.717) is 5.78 Å². The fourth-order valence-electron chi connectivity index (χ4n) is 6.98. The van der Waals surface area contributed by atoms with Gasteiger partial charge >= 0.3 is 0 Å². The molecule has 0 amide bonds. The Bertz CT molecular complexity index is 924. The van der Waals surface area contributed by atoms with Crippen LogP contribution in [-0.2, 0) is 4.79 Å². The highest BCUT2D eigenvalue weighted by atomic mass is 16.1. The topological polar surface area (TPSA) is 17.1 Å². The molecule has 0 unspecified atom stereocenters. The molecule has 0 N–H and O–H groups in total. The monoisotopic (exact) mass is 370 g/mol. The molecule has 0 saturated heterocycles. The lowest BCUT2D eigenvalue weighted by molar-refractivity contribution is -0.117. The number of fused-ring (bicyclic) bond motifs is 5. The third kappa shape index (κ3) is 2.65. The van der Waals surface area contributed by atoms with E-state index in [9.17, 15) is 4.79 Å². The summed E-state index contributed by atoms with van der Waals surface area (Å²) in [5.74, 6) is 9.57. The van der Waals surface area contributed by atoms with Gasteiger partial charge in [-0.25, -0.2) is 0 Å². The SMILES string of the molecule is C[C@]12CCC(=O)C=C1CC[C@@H]1[C@@H]2CC[C@]2(C)C(C#Cc3ccccc3)=CC[C@@H]12. The van der Waals surface area contributed by atoms with Gasteiger partial charge in [-0.2, -0.15) is 0 Å². The summed E-state index contributed by atoms with van der Waals surface area (Å²) in [6.45, 7) is 4.94. The molecule has 5 rings (SSSR count). The minimum Gasteiger partial charge on any atom is -0.295 e. The van der Waals surface area contributed by atoms with Gasteiger partial charge in [-0.3, -0.25) is 4.79 Å². The molecule has 0 aromatic heterocycles. The fraction of sp³-hybridized carbons (Fsp3) is 0.519. The van der Waals surface area contributed by atoms with E-state index in [1.165, 1.54) is 36.8 Å². The molecule has 4 aliphatic carbocycles. The van der Waals surface area contributed by atoms with Crippen molar-refractivity contribution in [2.45, 2.75) is 58.8 Å². The first-order valence-corrected chi connectivity index (χ1v) is 11.0. The zero-order valence-corrected chi connectivity index (χ0v) is 17.1. The second-order valence-corrected chi connectivity index (χ2v) is 9.89. The molecule has 144 valence electrons. The lowest BCUT2D eigenvalue weighted by Gasteiger charge is -2.57. The van der Waals surface area contributed by atoms with Crippen LogP contribution < -0.4 is 0 Å². The van der Waals surface area contributed by atoms with Crippen molar-refractivity contribution < 1.29 is 4.79 Å². The molecule has 1 nitrogen and oxygen atoms in total. The molecule has 0 bridgehead atoms. The third-order valence-corrected chi connectivity index (χ3v) is 8.66. The summed E-state index contributed by atoms with van der Waals surface area (Å²) < 4.78 is 0. The van der Waals surface area contributed by atoms with Crippen LogP contribution in [0.1, 0.15) is 64.4 Å². The zero-order chi connectivity index (χ0) is 19.4. The van der Waals surface area contributed by atoms with Crippen LogP contribution in [0.5, 0.6) is 0 Å². The highest BCUT2D eigenvalue weighted by molar-refractivity contribution is 5.91. The maximum atomic E-state index is 12.0. The molecule has 0 spiro atoms. The Morgan fingerprint density at radius 2 is 1.75 bits per heavy atom. The molecule has 2 saturated carbocycles. The lowest BCUT2D eigenvalue weighted by Crippen LogP contribution is -2.50.